The molecule has 2 heterocycles. The molecule has 0 aromatic heterocycles. The lowest BCUT2D eigenvalue weighted by molar-refractivity contribution is -0.122. The third kappa shape index (κ3) is 2.22. The maximum absolute atomic E-state index is 11.6. The second-order valence-corrected chi connectivity index (χ2v) is 3.58. The van der Waals surface area contributed by atoms with Gasteiger partial charge in [0.2, 0.25) is 5.91 Å². The van der Waals surface area contributed by atoms with Crippen molar-refractivity contribution in [2.45, 2.75) is 12.5 Å². The number of hydrogen-bond acceptors (Lipinski definition) is 4. The molecule has 0 bridgehead atoms. The van der Waals surface area contributed by atoms with E-state index in [2.05, 4.69) is 21.9 Å². The summed E-state index contributed by atoms with van der Waals surface area (Å²) in [5.74, 6) is -0.000787. The lowest BCUT2D eigenvalue weighted by Crippen LogP contribution is -2.50. The molecule has 1 saturated heterocycles. The van der Waals surface area contributed by atoms with Crippen molar-refractivity contribution in [2.24, 2.45) is 0 Å². The van der Waals surface area contributed by atoms with Crippen LogP contribution in [-0.2, 0) is 9.45 Å². The van der Waals surface area contributed by atoms with Crippen LogP contribution in [0.1, 0.15) is 6.42 Å². The zero-order chi connectivity index (χ0) is 10.7. The summed E-state index contributed by atoms with van der Waals surface area (Å²) in [5.41, 5.74) is 2.07. The number of carbonyl (C=O) groups excluding carboxylic acids is 1. The molecule has 2 aliphatic heterocycles. The molecule has 15 heavy (non-hydrogen) atoms. The fourth-order valence-electron chi connectivity index (χ4n) is 1.74. The molecule has 6 heteroatoms. The van der Waals surface area contributed by atoms with Crippen molar-refractivity contribution in [1.82, 2.24) is 15.9 Å². The molecule has 0 saturated carbocycles. The Kier molecular flexibility index (Phi) is 3.08. The van der Waals surface area contributed by atoms with Crippen LogP contribution in [0.4, 0.5) is 0 Å². The monoisotopic (exact) mass is 207 g/mol. The topological polar surface area (TPSA) is 62.4 Å². The molecular weight excluding hydrogens is 193 g/mol. The van der Waals surface area contributed by atoms with Crippen molar-refractivity contribution in [1.29, 1.82) is 0 Å². The lowest BCUT2D eigenvalue weighted by Gasteiger charge is -2.29. The van der Waals surface area contributed by atoms with E-state index in [0.29, 0.717) is 7.62 Å². The van der Waals surface area contributed by atoms with Gasteiger partial charge in [-0.25, -0.2) is 0 Å². The Morgan fingerprint density at radius 1 is 1.67 bits per heavy atom. The molecular formula is C9H14BN3O2. The van der Waals surface area contributed by atoms with Crippen LogP contribution in [0.15, 0.2) is 23.5 Å². The number of dihydropyridines is 1. The average Bonchev–Trinajstić information content (AvgIpc) is 2.26. The van der Waals surface area contributed by atoms with E-state index in [1.54, 1.807) is 7.11 Å². The maximum atomic E-state index is 11.6. The highest BCUT2D eigenvalue weighted by Crippen LogP contribution is 2.20. The van der Waals surface area contributed by atoms with E-state index in [-0.39, 0.29) is 11.9 Å². The zero-order valence-electron chi connectivity index (χ0n) is 8.67. The van der Waals surface area contributed by atoms with E-state index in [0.717, 1.165) is 18.7 Å². The smallest absolute Gasteiger partial charge is 0.361 e. The fraction of sp³-hybridized carbons (Fsp3) is 0.444. The second kappa shape index (κ2) is 4.50. The number of hydrogen-bond donors (Lipinski definition) is 3. The Morgan fingerprint density at radius 3 is 3.33 bits per heavy atom. The normalized spacial score (nSPS) is 24.3. The van der Waals surface area contributed by atoms with Gasteiger partial charge in [-0.15, -0.1) is 0 Å². The van der Waals surface area contributed by atoms with Gasteiger partial charge in [-0.2, -0.15) is 0 Å². The van der Waals surface area contributed by atoms with E-state index in [9.17, 15) is 4.79 Å². The number of amides is 1. The number of fused-ring (bicyclic) bond motifs is 1. The van der Waals surface area contributed by atoms with Gasteiger partial charge in [0.05, 0.1) is 11.7 Å². The van der Waals surface area contributed by atoms with Crippen molar-refractivity contribution in [3.05, 3.63) is 23.5 Å². The predicted octanol–water partition coefficient (Wildman–Crippen LogP) is -1.25. The molecule has 2 rings (SSSR count). The van der Waals surface area contributed by atoms with E-state index in [1.165, 1.54) is 5.57 Å². The summed E-state index contributed by atoms with van der Waals surface area (Å²) in [5, 5.41) is 8.95. The molecule has 3 N–H and O–H groups in total. The first-order valence-corrected chi connectivity index (χ1v) is 4.97. The van der Waals surface area contributed by atoms with Gasteiger partial charge >= 0.3 is 7.62 Å². The molecule has 1 unspecified atom stereocenters. The van der Waals surface area contributed by atoms with Crippen molar-refractivity contribution in [2.75, 3.05) is 13.7 Å². The SMILES string of the molecule is COBNC1CC2=CCNC=C2NC1=O. The molecule has 0 spiro atoms. The van der Waals surface area contributed by atoms with Gasteiger partial charge in [-0.05, 0) is 12.0 Å². The largest absolute Gasteiger partial charge is 0.427 e. The van der Waals surface area contributed by atoms with E-state index < -0.39 is 0 Å². The van der Waals surface area contributed by atoms with E-state index in [4.69, 9.17) is 4.65 Å². The Balaban J connectivity index is 2.02. The van der Waals surface area contributed by atoms with Crippen LogP contribution >= 0.6 is 0 Å². The standard InChI is InChI=1S/C9H14BN3O2/c1-15-10-13-7-4-6-2-3-11-5-8(6)12-9(7)14/h2,5,7,10-11,13H,3-4H2,1H3,(H,12,14). The Bertz CT molecular complexity index is 327. The highest BCUT2D eigenvalue weighted by Gasteiger charge is 2.28. The molecule has 5 nitrogen and oxygen atoms in total. The first-order valence-electron chi connectivity index (χ1n) is 4.97. The number of rotatable bonds is 3. The summed E-state index contributed by atoms with van der Waals surface area (Å²) in [6.07, 6.45) is 4.67. The van der Waals surface area contributed by atoms with Crippen LogP contribution in [0.2, 0.25) is 0 Å². The second-order valence-electron chi connectivity index (χ2n) is 3.58. The van der Waals surface area contributed by atoms with E-state index in [1.807, 2.05) is 6.20 Å². The van der Waals surface area contributed by atoms with Crippen LogP contribution < -0.4 is 15.9 Å². The minimum absolute atomic E-state index is 0.000787. The number of piperidine rings is 1. The lowest BCUT2D eigenvalue weighted by atomic mass is 9.95. The van der Waals surface area contributed by atoms with Crippen LogP contribution in [0.3, 0.4) is 0 Å². The Labute approximate surface area is 89.2 Å². The number of nitrogens with one attached hydrogen (secondary N) is 3. The molecule has 0 aliphatic carbocycles. The van der Waals surface area contributed by atoms with Gasteiger partial charge in [0.25, 0.3) is 0 Å². The third-order valence-corrected chi connectivity index (χ3v) is 2.53. The van der Waals surface area contributed by atoms with Crippen molar-refractivity contribution in [3.8, 4) is 0 Å². The van der Waals surface area contributed by atoms with E-state index >= 15 is 0 Å². The molecule has 0 aromatic rings. The van der Waals surface area contributed by atoms with Gasteiger partial charge in [0.15, 0.2) is 0 Å². The predicted molar refractivity (Wildman–Crippen MR) is 58.0 cm³/mol. The highest BCUT2D eigenvalue weighted by molar-refractivity contribution is 6.24. The van der Waals surface area contributed by atoms with Crippen LogP contribution in [0, 0.1) is 0 Å². The van der Waals surface area contributed by atoms with Gasteiger partial charge in [0.1, 0.15) is 0 Å². The quantitative estimate of drug-likeness (QED) is 0.506. The first kappa shape index (κ1) is 10.3. The summed E-state index contributed by atoms with van der Waals surface area (Å²) in [6.45, 7) is 0.825. The van der Waals surface area contributed by atoms with Crippen LogP contribution in [-0.4, -0.2) is 33.2 Å². The van der Waals surface area contributed by atoms with Gasteiger partial charge in [-0.3, -0.25) is 4.79 Å². The summed E-state index contributed by atoms with van der Waals surface area (Å²) in [6, 6.07) is -0.188. The molecule has 0 radical (unpaired) electrons. The van der Waals surface area contributed by atoms with Gasteiger partial charge in [-0.1, -0.05) is 6.08 Å². The summed E-state index contributed by atoms with van der Waals surface area (Å²) >= 11 is 0. The summed E-state index contributed by atoms with van der Waals surface area (Å²) in [7, 11) is 1.99. The molecule has 2 aliphatic rings. The van der Waals surface area contributed by atoms with Gasteiger partial charge in [0, 0.05) is 19.9 Å². The minimum atomic E-state index is -0.188. The maximum Gasteiger partial charge on any atom is 0.361 e. The van der Waals surface area contributed by atoms with Crippen molar-refractivity contribution >= 4 is 13.5 Å². The minimum Gasteiger partial charge on any atom is -0.427 e. The third-order valence-electron chi connectivity index (χ3n) is 2.53. The Hall–Kier alpha value is -1.27. The molecule has 1 fully saturated rings. The van der Waals surface area contributed by atoms with Crippen LogP contribution in [0.5, 0.6) is 0 Å². The fourth-order valence-corrected chi connectivity index (χ4v) is 1.74. The van der Waals surface area contributed by atoms with Gasteiger partial charge < -0.3 is 20.5 Å². The van der Waals surface area contributed by atoms with Crippen LogP contribution in [0.25, 0.3) is 0 Å². The molecule has 1 atom stereocenters. The molecule has 1 amide bonds. The first-order chi connectivity index (χ1) is 7.31. The zero-order valence-corrected chi connectivity index (χ0v) is 8.67. The highest BCUT2D eigenvalue weighted by atomic mass is 16.4. The van der Waals surface area contributed by atoms with Crippen molar-refractivity contribution in [3.63, 3.8) is 0 Å². The van der Waals surface area contributed by atoms with Crippen molar-refractivity contribution < 1.29 is 9.45 Å². The number of allylic oxidation sites excluding steroid dienone is 1. The summed E-state index contributed by atoms with van der Waals surface area (Å²) in [4.78, 5) is 11.6. The Morgan fingerprint density at radius 2 is 2.53 bits per heavy atom. The molecule has 80 valence electrons. The molecule has 0 aromatic carbocycles. The number of carbonyl (C=O) groups is 1. The summed E-state index contributed by atoms with van der Waals surface area (Å²) < 4.78 is 4.89. The average molecular weight is 207 g/mol.